The molecule has 7 heteroatoms. The van der Waals surface area contributed by atoms with E-state index in [4.69, 9.17) is 6.39 Å². The molecule has 0 saturated carbocycles. The quantitative estimate of drug-likeness (QED) is 0.410. The Labute approximate surface area is 94.2 Å². The van der Waals surface area contributed by atoms with Gasteiger partial charge in [-0.1, -0.05) is 21.6 Å². The standard InChI is InChI=1S/C7H12NO3PS2/c9-6(8-12)2-1-4-13-14-5-3-7(10)11/h12H,1-5H2,(H,10,11)/i12T. The molecule has 0 aliphatic carbocycles. The Morgan fingerprint density at radius 3 is 2.71 bits per heavy atom. The summed E-state index contributed by atoms with van der Waals surface area (Å²) in [5, 5.41) is 8.35. The predicted octanol–water partition coefficient (Wildman–Crippen LogP) is 2.48. The minimum Gasteiger partial charge on any atom is -0.481 e. The molecule has 0 bridgehead atoms. The Hall–Kier alpha value is -0.0600. The molecule has 0 spiro atoms. The first-order chi connectivity index (χ1) is 7.16. The normalized spacial score (nSPS) is 11.6. The summed E-state index contributed by atoms with van der Waals surface area (Å²) in [6.45, 7) is 0. The molecule has 0 aliphatic heterocycles. The van der Waals surface area contributed by atoms with Crippen molar-refractivity contribution in [2.75, 3.05) is 11.5 Å². The Kier molecular flexibility index (Phi) is 8.15. The maximum atomic E-state index is 10.8. The number of carbonyl (C=O) groups is 2. The Balaban J connectivity index is 3.18. The molecule has 14 heavy (non-hydrogen) atoms. The van der Waals surface area contributed by atoms with Crippen LogP contribution in [0, 0.1) is 0 Å². The van der Waals surface area contributed by atoms with E-state index in [9.17, 15) is 9.59 Å². The molecular weight excluding hydrogens is 241 g/mol. The minimum atomic E-state index is -0.786. The molecule has 0 aromatic carbocycles. The highest BCUT2D eigenvalue weighted by Gasteiger charge is 1.99. The largest absolute Gasteiger partial charge is 0.481 e. The van der Waals surface area contributed by atoms with Crippen LogP contribution in [-0.4, -0.2) is 29.8 Å². The smallest absolute Gasteiger partial charge is 0.304 e. The van der Waals surface area contributed by atoms with Gasteiger partial charge in [0.2, 0.25) is 5.91 Å². The van der Waals surface area contributed by atoms with Crippen molar-refractivity contribution < 1.29 is 14.7 Å². The Morgan fingerprint density at radius 2 is 2.07 bits per heavy atom. The third-order valence-corrected chi connectivity index (χ3v) is 3.93. The fourth-order valence-electron chi connectivity index (χ4n) is 0.579. The van der Waals surface area contributed by atoms with Crippen molar-refractivity contribution >= 4 is 42.4 Å². The van der Waals surface area contributed by atoms with E-state index in [0.29, 0.717) is 12.2 Å². The van der Waals surface area contributed by atoms with Gasteiger partial charge in [-0.05, 0) is 15.4 Å². The molecule has 1 N–H and O–H groups in total. The van der Waals surface area contributed by atoms with Gasteiger partial charge in [0.15, 0.2) is 0 Å². The van der Waals surface area contributed by atoms with E-state index >= 15 is 0 Å². The van der Waals surface area contributed by atoms with E-state index < -0.39 is 5.97 Å². The third kappa shape index (κ3) is 10.0. The average molecular weight is 255 g/mol. The van der Waals surface area contributed by atoms with E-state index in [2.05, 4.69) is 4.74 Å². The summed E-state index contributed by atoms with van der Waals surface area (Å²) in [4.78, 5) is 21.0. The van der Waals surface area contributed by atoms with Crippen molar-refractivity contribution in [3.63, 3.8) is 0 Å². The van der Waals surface area contributed by atoms with Crippen LogP contribution in [0.3, 0.4) is 0 Å². The first-order valence-corrected chi connectivity index (χ1v) is 6.89. The van der Waals surface area contributed by atoms with Crippen molar-refractivity contribution in [2.24, 2.45) is 4.74 Å². The molecule has 0 aliphatic rings. The second-order valence-corrected chi connectivity index (χ2v) is 5.29. The highest BCUT2D eigenvalue weighted by atomic mass is 33.1. The van der Waals surface area contributed by atoms with Gasteiger partial charge in [-0.15, -0.1) is 0 Å². The van der Waals surface area contributed by atoms with Gasteiger partial charge in [0.1, 0.15) is 1.28 Å². The SMILES string of the molecule is [3H]P=NC(=O)CCCSSCCC(=O)O. The number of carboxylic acids is 1. The summed E-state index contributed by atoms with van der Waals surface area (Å²) in [5.74, 6) is 0.374. The van der Waals surface area contributed by atoms with Gasteiger partial charge in [-0.25, -0.2) is 4.74 Å². The van der Waals surface area contributed by atoms with Crippen molar-refractivity contribution in [3.8, 4) is 0 Å². The lowest BCUT2D eigenvalue weighted by atomic mass is 10.3. The van der Waals surface area contributed by atoms with Gasteiger partial charge in [-0.2, -0.15) is 0 Å². The molecule has 0 saturated heterocycles. The average Bonchev–Trinajstić information content (AvgIpc) is 2.16. The van der Waals surface area contributed by atoms with Crippen LogP contribution in [0.5, 0.6) is 0 Å². The maximum absolute atomic E-state index is 10.8. The first-order valence-electron chi connectivity index (χ1n) is 4.45. The Bertz CT molecular complexity index is 240. The number of hydrogen-bond donors (Lipinski definition) is 1. The van der Waals surface area contributed by atoms with Gasteiger partial charge < -0.3 is 5.11 Å². The Morgan fingerprint density at radius 1 is 1.36 bits per heavy atom. The van der Waals surface area contributed by atoms with Gasteiger partial charge in [0.25, 0.3) is 0 Å². The summed E-state index contributed by atoms with van der Waals surface area (Å²) >= 11 is 0. The summed E-state index contributed by atoms with van der Waals surface area (Å²) in [7, 11) is 3.08. The second kappa shape index (κ2) is 9.49. The topological polar surface area (TPSA) is 66.7 Å². The molecule has 0 rings (SSSR count). The van der Waals surface area contributed by atoms with Crippen LogP contribution >= 0.6 is 30.6 Å². The van der Waals surface area contributed by atoms with Crippen LogP contribution in [0.2, 0.25) is 0 Å². The zero-order chi connectivity index (χ0) is 11.5. The fraction of sp³-hybridized carbons (Fsp3) is 0.714. The van der Waals surface area contributed by atoms with Crippen LogP contribution in [0.25, 0.3) is 0 Å². The van der Waals surface area contributed by atoms with E-state index in [0.717, 1.165) is 12.2 Å². The lowest BCUT2D eigenvalue weighted by Gasteiger charge is -1.97. The number of hydrogen-bond acceptors (Lipinski definition) is 4. The molecule has 0 aromatic heterocycles. The van der Waals surface area contributed by atoms with Crippen LogP contribution in [0.1, 0.15) is 19.3 Å². The van der Waals surface area contributed by atoms with Gasteiger partial charge in [0.05, 0.1) is 6.42 Å². The van der Waals surface area contributed by atoms with Gasteiger partial charge >= 0.3 is 5.97 Å². The van der Waals surface area contributed by atoms with Gasteiger partial charge in [-0.3, -0.25) is 9.59 Å². The number of carbonyl (C=O) groups excluding carboxylic acids is 1. The lowest BCUT2D eigenvalue weighted by Crippen LogP contribution is -1.95. The molecule has 0 aromatic rings. The maximum Gasteiger partial charge on any atom is 0.304 e. The predicted molar refractivity (Wildman–Crippen MR) is 62.2 cm³/mol. The molecule has 0 fully saturated rings. The first kappa shape index (κ1) is 12.0. The fourth-order valence-corrected chi connectivity index (χ4v) is 2.75. The molecular formula is C7H12NO3PS2. The molecule has 0 atom stereocenters. The van der Waals surface area contributed by atoms with Gasteiger partial charge in [0, 0.05) is 17.9 Å². The monoisotopic (exact) mass is 255 g/mol. The summed E-state index contributed by atoms with van der Waals surface area (Å²) in [6, 6.07) is 0. The van der Waals surface area contributed by atoms with Crippen molar-refractivity contribution in [1.82, 2.24) is 0 Å². The zero-order valence-corrected chi connectivity index (χ0v) is 10.0. The zero-order valence-electron chi connectivity index (χ0n) is 8.51. The van der Waals surface area contributed by atoms with E-state index in [-0.39, 0.29) is 21.3 Å². The third-order valence-electron chi connectivity index (χ3n) is 1.21. The van der Waals surface area contributed by atoms with Crippen molar-refractivity contribution in [3.05, 3.63) is 0 Å². The molecule has 0 heterocycles. The number of carboxylic acid groups (broad SMARTS) is 1. The summed E-state index contributed by atoms with van der Waals surface area (Å²) < 4.78 is 10.1. The van der Waals surface area contributed by atoms with Crippen molar-refractivity contribution in [2.45, 2.75) is 19.3 Å². The molecule has 1 amide bonds. The highest BCUT2D eigenvalue weighted by molar-refractivity contribution is 8.76. The molecule has 4 nitrogen and oxygen atoms in total. The van der Waals surface area contributed by atoms with Crippen LogP contribution < -0.4 is 0 Å². The van der Waals surface area contributed by atoms with Crippen LogP contribution in [0.15, 0.2) is 4.74 Å². The molecule has 0 unspecified atom stereocenters. The number of aliphatic carboxylic acids is 1. The van der Waals surface area contributed by atoms with E-state index in [1.807, 2.05) is 0 Å². The number of amides is 1. The molecule has 0 radical (unpaired) electrons. The van der Waals surface area contributed by atoms with Crippen LogP contribution in [0.4, 0.5) is 0 Å². The molecule has 80 valence electrons. The van der Waals surface area contributed by atoms with E-state index in [1.165, 1.54) is 10.8 Å². The summed E-state index contributed by atoms with van der Waals surface area (Å²) in [5.41, 5.74) is 0. The van der Waals surface area contributed by atoms with E-state index in [1.54, 1.807) is 10.8 Å². The van der Waals surface area contributed by atoms with Crippen molar-refractivity contribution in [1.29, 1.82) is 1.28 Å². The lowest BCUT2D eigenvalue weighted by molar-refractivity contribution is -0.136. The second-order valence-electron chi connectivity index (χ2n) is 2.38. The number of nitrogens with zero attached hydrogens (tertiary/aromatic N) is 1. The highest BCUT2D eigenvalue weighted by Crippen LogP contribution is 2.23. The number of rotatable bonds is 8. The summed E-state index contributed by atoms with van der Waals surface area (Å²) in [6.07, 6.45) is 1.27. The minimum absolute atomic E-state index is 0.0143. The van der Waals surface area contributed by atoms with Crippen LogP contribution in [-0.2, 0) is 9.59 Å².